The van der Waals surface area contributed by atoms with E-state index in [4.69, 9.17) is 0 Å². The van der Waals surface area contributed by atoms with Gasteiger partial charge in [0, 0.05) is 44.9 Å². The summed E-state index contributed by atoms with van der Waals surface area (Å²) in [4.78, 5) is 23.9. The average Bonchev–Trinajstić information content (AvgIpc) is 3.26. The van der Waals surface area contributed by atoms with Gasteiger partial charge in [0.1, 0.15) is 5.69 Å². The van der Waals surface area contributed by atoms with Crippen LogP contribution >= 0.6 is 0 Å². The van der Waals surface area contributed by atoms with E-state index in [1.807, 2.05) is 0 Å². The van der Waals surface area contributed by atoms with Crippen molar-refractivity contribution in [2.75, 3.05) is 32.5 Å². The van der Waals surface area contributed by atoms with Crippen LogP contribution in [-0.2, 0) is 0 Å². The van der Waals surface area contributed by atoms with Crippen molar-refractivity contribution in [1.82, 2.24) is 10.2 Å². The Bertz CT molecular complexity index is 541. The van der Waals surface area contributed by atoms with E-state index in [1.165, 1.54) is 23.8 Å². The first-order valence-electron chi connectivity index (χ1n) is 6.96. The number of hydrogen-bond acceptors (Lipinski definition) is 5. The van der Waals surface area contributed by atoms with Crippen LogP contribution in [0, 0.1) is 10.1 Å². The highest BCUT2D eigenvalue weighted by atomic mass is 16.6. The summed E-state index contributed by atoms with van der Waals surface area (Å²) in [5, 5.41) is 17.5. The minimum Gasteiger partial charge on any atom is -0.378 e. The summed E-state index contributed by atoms with van der Waals surface area (Å²) in [6, 6.07) is 5.12. The molecule has 0 unspecified atom stereocenters. The third-order valence-electron chi connectivity index (χ3n) is 3.30. The number of nitrogens with one attached hydrogen (secondary N) is 2. The van der Waals surface area contributed by atoms with Gasteiger partial charge in [0.25, 0.3) is 11.6 Å². The molecule has 1 aliphatic carbocycles. The summed E-state index contributed by atoms with van der Waals surface area (Å²) in [6.07, 6.45) is 2.42. The van der Waals surface area contributed by atoms with Gasteiger partial charge >= 0.3 is 0 Å². The number of carbonyl (C=O) groups is 1. The predicted octanol–water partition coefficient (Wildman–Crippen LogP) is 1.46. The first-order valence-corrected chi connectivity index (χ1v) is 6.96. The molecule has 0 aromatic heterocycles. The quantitative estimate of drug-likeness (QED) is 0.451. The van der Waals surface area contributed by atoms with Crippen LogP contribution in [0.3, 0.4) is 0 Å². The number of nitro groups is 1. The average molecular weight is 292 g/mol. The molecule has 1 fully saturated rings. The Morgan fingerprint density at radius 3 is 2.67 bits per heavy atom. The molecule has 0 bridgehead atoms. The maximum absolute atomic E-state index is 11.8. The highest BCUT2D eigenvalue weighted by Gasteiger charge is 2.20. The Balaban J connectivity index is 2.05. The second kappa shape index (κ2) is 6.53. The lowest BCUT2D eigenvalue weighted by atomic mass is 10.1. The number of anilines is 1. The van der Waals surface area contributed by atoms with E-state index >= 15 is 0 Å². The van der Waals surface area contributed by atoms with Crippen LogP contribution in [0.1, 0.15) is 23.2 Å². The van der Waals surface area contributed by atoms with Gasteiger partial charge < -0.3 is 15.5 Å². The highest BCUT2D eigenvalue weighted by molar-refractivity contribution is 5.95. The molecule has 1 amide bonds. The largest absolute Gasteiger partial charge is 0.378 e. The molecule has 21 heavy (non-hydrogen) atoms. The normalized spacial score (nSPS) is 13.8. The first-order chi connectivity index (χ1) is 9.99. The summed E-state index contributed by atoms with van der Waals surface area (Å²) in [5.41, 5.74) is 0.676. The zero-order valence-corrected chi connectivity index (χ0v) is 12.3. The van der Waals surface area contributed by atoms with Crippen LogP contribution < -0.4 is 10.6 Å². The maximum atomic E-state index is 11.8. The molecule has 0 spiro atoms. The summed E-state index contributed by atoms with van der Waals surface area (Å²) in [6.45, 7) is 1.37. The van der Waals surface area contributed by atoms with E-state index in [1.54, 1.807) is 26.2 Å². The van der Waals surface area contributed by atoms with Gasteiger partial charge in [0.15, 0.2) is 0 Å². The van der Waals surface area contributed by atoms with Gasteiger partial charge in [0.05, 0.1) is 4.92 Å². The van der Waals surface area contributed by atoms with Crippen LogP contribution in [0.15, 0.2) is 18.2 Å². The van der Waals surface area contributed by atoms with E-state index in [0.717, 1.165) is 6.54 Å². The van der Waals surface area contributed by atoms with E-state index in [2.05, 4.69) is 10.6 Å². The Kier molecular flexibility index (Phi) is 4.74. The van der Waals surface area contributed by atoms with Gasteiger partial charge in [-0.3, -0.25) is 14.9 Å². The topological polar surface area (TPSA) is 87.5 Å². The fraction of sp³-hybridized carbons (Fsp3) is 0.500. The van der Waals surface area contributed by atoms with Gasteiger partial charge in [-0.1, -0.05) is 0 Å². The molecule has 0 atom stereocenters. The molecule has 1 aliphatic rings. The fourth-order valence-electron chi connectivity index (χ4n) is 1.98. The van der Waals surface area contributed by atoms with Crippen molar-refractivity contribution < 1.29 is 9.72 Å². The standard InChI is InChI=1S/C14H20N4O3/c1-17(2)14(19)10-3-6-12(13(9-10)18(20)21)16-8-7-15-11-4-5-11/h3,6,9,11,15-16H,4-5,7-8H2,1-2H3. The number of hydrogen-bond donors (Lipinski definition) is 2. The monoisotopic (exact) mass is 292 g/mol. The Labute approximate surface area is 123 Å². The minimum absolute atomic E-state index is 0.0749. The second-order valence-corrected chi connectivity index (χ2v) is 5.34. The van der Waals surface area contributed by atoms with Crippen molar-refractivity contribution in [3.8, 4) is 0 Å². The summed E-state index contributed by atoms with van der Waals surface area (Å²) >= 11 is 0. The zero-order chi connectivity index (χ0) is 15.4. The number of nitro benzene ring substituents is 1. The SMILES string of the molecule is CN(C)C(=O)c1ccc(NCCNC2CC2)c([N+](=O)[O-])c1. The molecular formula is C14H20N4O3. The Morgan fingerprint density at radius 2 is 2.10 bits per heavy atom. The number of amides is 1. The minimum atomic E-state index is -0.469. The first kappa shape index (κ1) is 15.2. The lowest BCUT2D eigenvalue weighted by molar-refractivity contribution is -0.384. The molecule has 7 nitrogen and oxygen atoms in total. The van der Waals surface area contributed by atoms with Gasteiger partial charge in [-0.25, -0.2) is 0 Å². The lowest BCUT2D eigenvalue weighted by Crippen LogP contribution is -2.24. The molecule has 1 aromatic carbocycles. The molecule has 0 saturated heterocycles. The molecular weight excluding hydrogens is 272 g/mol. The number of nitrogens with zero attached hydrogens (tertiary/aromatic N) is 2. The molecule has 1 saturated carbocycles. The molecule has 0 heterocycles. The van der Waals surface area contributed by atoms with E-state index in [-0.39, 0.29) is 11.6 Å². The van der Waals surface area contributed by atoms with Crippen LogP contribution in [0.25, 0.3) is 0 Å². The summed E-state index contributed by atoms with van der Waals surface area (Å²) in [5.74, 6) is -0.250. The van der Waals surface area contributed by atoms with Crippen LogP contribution in [0.4, 0.5) is 11.4 Å². The second-order valence-electron chi connectivity index (χ2n) is 5.34. The maximum Gasteiger partial charge on any atom is 0.293 e. The zero-order valence-electron chi connectivity index (χ0n) is 12.3. The predicted molar refractivity (Wildman–Crippen MR) is 80.6 cm³/mol. The molecule has 0 aliphatic heterocycles. The van der Waals surface area contributed by atoms with Crippen molar-refractivity contribution >= 4 is 17.3 Å². The lowest BCUT2D eigenvalue weighted by Gasteiger charge is -2.12. The van der Waals surface area contributed by atoms with Crippen molar-refractivity contribution in [3.05, 3.63) is 33.9 Å². The molecule has 7 heteroatoms. The molecule has 1 aromatic rings. The smallest absolute Gasteiger partial charge is 0.293 e. The van der Waals surface area contributed by atoms with Crippen molar-refractivity contribution in [3.63, 3.8) is 0 Å². The number of rotatable bonds is 7. The third kappa shape index (κ3) is 4.16. The highest BCUT2D eigenvalue weighted by Crippen LogP contribution is 2.26. The van der Waals surface area contributed by atoms with Gasteiger partial charge in [-0.05, 0) is 25.0 Å². The van der Waals surface area contributed by atoms with E-state index in [9.17, 15) is 14.9 Å². The van der Waals surface area contributed by atoms with Crippen molar-refractivity contribution in [2.24, 2.45) is 0 Å². The van der Waals surface area contributed by atoms with E-state index in [0.29, 0.717) is 23.8 Å². The van der Waals surface area contributed by atoms with Gasteiger partial charge in [0.2, 0.25) is 0 Å². The van der Waals surface area contributed by atoms with E-state index < -0.39 is 4.92 Å². The van der Waals surface area contributed by atoms with Gasteiger partial charge in [-0.15, -0.1) is 0 Å². The summed E-state index contributed by atoms with van der Waals surface area (Å²) in [7, 11) is 3.23. The molecule has 0 radical (unpaired) electrons. The van der Waals surface area contributed by atoms with Crippen LogP contribution in [-0.4, -0.2) is 49.0 Å². The van der Waals surface area contributed by atoms with Crippen molar-refractivity contribution in [1.29, 1.82) is 0 Å². The third-order valence-corrected chi connectivity index (χ3v) is 3.30. The Hall–Kier alpha value is -2.15. The van der Waals surface area contributed by atoms with Crippen molar-refractivity contribution in [2.45, 2.75) is 18.9 Å². The molecule has 2 N–H and O–H groups in total. The summed E-state index contributed by atoms with van der Waals surface area (Å²) < 4.78 is 0. The number of benzene rings is 1. The van der Waals surface area contributed by atoms with Gasteiger partial charge in [-0.2, -0.15) is 0 Å². The fourth-order valence-corrected chi connectivity index (χ4v) is 1.98. The molecule has 2 rings (SSSR count). The van der Waals surface area contributed by atoms with Crippen LogP contribution in [0.2, 0.25) is 0 Å². The number of carbonyl (C=O) groups excluding carboxylic acids is 1. The van der Waals surface area contributed by atoms with Crippen LogP contribution in [0.5, 0.6) is 0 Å². The molecule has 114 valence electrons. The Morgan fingerprint density at radius 1 is 1.38 bits per heavy atom.